The van der Waals surface area contributed by atoms with E-state index >= 15 is 0 Å². The van der Waals surface area contributed by atoms with Crippen LogP contribution in [0.4, 0.5) is 18.9 Å². The van der Waals surface area contributed by atoms with E-state index in [4.69, 9.17) is 5.73 Å². The van der Waals surface area contributed by atoms with Crippen LogP contribution in [-0.2, 0) is 0 Å². The zero-order valence-electron chi connectivity index (χ0n) is 8.06. The van der Waals surface area contributed by atoms with Crippen molar-refractivity contribution in [1.29, 1.82) is 0 Å². The molecule has 0 atom stereocenters. The van der Waals surface area contributed by atoms with Gasteiger partial charge in [-0.25, -0.2) is 0 Å². The van der Waals surface area contributed by atoms with E-state index in [9.17, 15) is 18.0 Å². The molecule has 2 N–H and O–H groups in total. The summed E-state index contributed by atoms with van der Waals surface area (Å²) in [7, 11) is 0. The Morgan fingerprint density at radius 2 is 2.00 bits per heavy atom. The molecule has 0 unspecified atom stereocenters. The van der Waals surface area contributed by atoms with Crippen molar-refractivity contribution in [3.8, 4) is 5.75 Å². The van der Waals surface area contributed by atoms with Gasteiger partial charge in [-0.3, -0.25) is 4.79 Å². The fourth-order valence-electron chi connectivity index (χ4n) is 1.17. The molecule has 1 aromatic carbocycles. The molecule has 0 bridgehead atoms. The second-order valence-electron chi connectivity index (χ2n) is 2.97. The number of carbonyl (C=O) groups excluding carboxylic acids is 1. The predicted octanol–water partition coefficient (Wildman–Crippen LogP) is 3.13. The first-order valence-electron chi connectivity index (χ1n) is 4.06. The Morgan fingerprint density at radius 3 is 2.38 bits per heavy atom. The van der Waals surface area contributed by atoms with Crippen molar-refractivity contribution in [2.75, 3.05) is 5.73 Å². The number of nitrogens with two attached hydrogens (primary N) is 1. The lowest BCUT2D eigenvalue weighted by atomic mass is 10.1. The van der Waals surface area contributed by atoms with E-state index < -0.39 is 12.1 Å². The number of rotatable bonds is 2. The number of benzene rings is 1. The number of halogens is 4. The number of Topliss-reactive ketones (excluding diaryl/α,β-unsaturated/α-hetero) is 1. The van der Waals surface area contributed by atoms with Crippen molar-refractivity contribution >= 4 is 27.4 Å². The Labute approximate surface area is 97.5 Å². The Morgan fingerprint density at radius 1 is 1.44 bits per heavy atom. The zero-order valence-corrected chi connectivity index (χ0v) is 9.65. The molecule has 3 nitrogen and oxygen atoms in total. The topological polar surface area (TPSA) is 52.3 Å². The lowest BCUT2D eigenvalue weighted by Gasteiger charge is -2.12. The quantitative estimate of drug-likeness (QED) is 0.674. The molecule has 1 aromatic rings. The third kappa shape index (κ3) is 3.13. The SMILES string of the molecule is CC(=O)c1c(N)cc(OC(F)(F)F)cc1Br. The van der Waals surface area contributed by atoms with Crippen molar-refractivity contribution in [2.24, 2.45) is 0 Å². The third-order valence-electron chi connectivity index (χ3n) is 1.68. The average Bonchev–Trinajstić information content (AvgIpc) is 1.96. The van der Waals surface area contributed by atoms with Gasteiger partial charge in [-0.15, -0.1) is 13.2 Å². The molecule has 0 saturated carbocycles. The van der Waals surface area contributed by atoms with Gasteiger partial charge in [0.05, 0.1) is 5.56 Å². The number of hydrogen-bond donors (Lipinski definition) is 1. The molecule has 0 amide bonds. The van der Waals surface area contributed by atoms with Crippen molar-refractivity contribution in [1.82, 2.24) is 0 Å². The summed E-state index contributed by atoms with van der Waals surface area (Å²) in [5, 5.41) is 0. The smallest absolute Gasteiger partial charge is 0.406 e. The van der Waals surface area contributed by atoms with E-state index in [1.807, 2.05) is 0 Å². The molecule has 0 heterocycles. The van der Waals surface area contributed by atoms with E-state index in [0.29, 0.717) is 0 Å². The molecule has 7 heteroatoms. The molecule has 88 valence electrons. The van der Waals surface area contributed by atoms with Crippen LogP contribution in [-0.4, -0.2) is 12.1 Å². The minimum atomic E-state index is -4.79. The van der Waals surface area contributed by atoms with Crippen LogP contribution in [0.1, 0.15) is 17.3 Å². The van der Waals surface area contributed by atoms with Gasteiger partial charge < -0.3 is 10.5 Å². The molecule has 0 saturated heterocycles. The summed E-state index contributed by atoms with van der Waals surface area (Å²) in [5.74, 6) is -0.815. The fraction of sp³-hybridized carbons (Fsp3) is 0.222. The molecule has 1 rings (SSSR count). The zero-order chi connectivity index (χ0) is 12.5. The van der Waals surface area contributed by atoms with Crippen LogP contribution in [0.3, 0.4) is 0 Å². The molecule has 0 fully saturated rings. The molecular weight excluding hydrogens is 291 g/mol. The molecule has 0 aromatic heterocycles. The number of nitrogen functional groups attached to an aromatic ring is 1. The molecule has 0 aliphatic rings. The Balaban J connectivity index is 3.15. The average molecular weight is 298 g/mol. The Bertz CT molecular complexity index is 408. The largest absolute Gasteiger partial charge is 0.573 e. The van der Waals surface area contributed by atoms with Crippen molar-refractivity contribution < 1.29 is 22.7 Å². The number of ketones is 1. The normalized spacial score (nSPS) is 11.3. The molecule has 16 heavy (non-hydrogen) atoms. The van der Waals surface area contributed by atoms with Crippen molar-refractivity contribution in [2.45, 2.75) is 13.3 Å². The van der Waals surface area contributed by atoms with E-state index in [0.717, 1.165) is 12.1 Å². The fourth-order valence-corrected chi connectivity index (χ4v) is 1.90. The van der Waals surface area contributed by atoms with Gasteiger partial charge in [0.25, 0.3) is 0 Å². The Hall–Kier alpha value is -1.24. The van der Waals surface area contributed by atoms with Crippen LogP contribution >= 0.6 is 15.9 Å². The van der Waals surface area contributed by atoms with Crippen LogP contribution in [0.2, 0.25) is 0 Å². The van der Waals surface area contributed by atoms with Gasteiger partial charge in [-0.05, 0) is 28.9 Å². The van der Waals surface area contributed by atoms with Crippen molar-refractivity contribution in [3.63, 3.8) is 0 Å². The number of carbonyl (C=O) groups is 1. The first-order chi connectivity index (χ1) is 7.20. The lowest BCUT2D eigenvalue weighted by molar-refractivity contribution is -0.274. The summed E-state index contributed by atoms with van der Waals surface area (Å²) < 4.78 is 39.6. The second kappa shape index (κ2) is 4.32. The number of alkyl halides is 3. The van der Waals surface area contributed by atoms with Crippen LogP contribution in [0.25, 0.3) is 0 Å². The van der Waals surface area contributed by atoms with Crippen LogP contribution in [0.5, 0.6) is 5.75 Å². The summed E-state index contributed by atoms with van der Waals surface area (Å²) >= 11 is 2.96. The van der Waals surface area contributed by atoms with Gasteiger partial charge >= 0.3 is 6.36 Å². The molecule has 0 spiro atoms. The van der Waals surface area contributed by atoms with Gasteiger partial charge in [0, 0.05) is 16.2 Å². The maximum Gasteiger partial charge on any atom is 0.573 e. The monoisotopic (exact) mass is 297 g/mol. The number of ether oxygens (including phenoxy) is 1. The van der Waals surface area contributed by atoms with Crippen LogP contribution in [0, 0.1) is 0 Å². The molecule has 0 radical (unpaired) electrons. The van der Waals surface area contributed by atoms with Gasteiger partial charge in [0.2, 0.25) is 0 Å². The summed E-state index contributed by atoms with van der Waals surface area (Å²) in [6.45, 7) is 1.26. The lowest BCUT2D eigenvalue weighted by Crippen LogP contribution is -2.17. The summed E-state index contributed by atoms with van der Waals surface area (Å²) in [6, 6.07) is 2.00. The number of anilines is 1. The Kier molecular flexibility index (Phi) is 3.47. The minimum Gasteiger partial charge on any atom is -0.406 e. The third-order valence-corrected chi connectivity index (χ3v) is 2.31. The van der Waals surface area contributed by atoms with Crippen molar-refractivity contribution in [3.05, 3.63) is 22.2 Å². The first-order valence-corrected chi connectivity index (χ1v) is 4.85. The summed E-state index contributed by atoms with van der Waals surface area (Å²) in [4.78, 5) is 11.1. The van der Waals surface area contributed by atoms with Crippen LogP contribution in [0.15, 0.2) is 16.6 Å². The van der Waals surface area contributed by atoms with E-state index in [-0.39, 0.29) is 21.5 Å². The van der Waals surface area contributed by atoms with Crippen LogP contribution < -0.4 is 10.5 Å². The van der Waals surface area contributed by atoms with E-state index in [1.165, 1.54) is 6.92 Å². The maximum atomic E-state index is 11.9. The van der Waals surface area contributed by atoms with Gasteiger partial charge in [0.1, 0.15) is 5.75 Å². The predicted molar refractivity (Wildman–Crippen MR) is 55.2 cm³/mol. The highest BCUT2D eigenvalue weighted by atomic mass is 79.9. The molecule has 0 aliphatic heterocycles. The molecular formula is C9H7BrF3NO2. The highest BCUT2D eigenvalue weighted by molar-refractivity contribution is 9.10. The second-order valence-corrected chi connectivity index (χ2v) is 3.83. The standard InChI is InChI=1S/C9H7BrF3NO2/c1-4(15)8-6(10)2-5(3-7(8)14)16-9(11,12)13/h2-3H,14H2,1H3. The number of hydrogen-bond acceptors (Lipinski definition) is 3. The highest BCUT2D eigenvalue weighted by Gasteiger charge is 2.31. The highest BCUT2D eigenvalue weighted by Crippen LogP contribution is 2.32. The minimum absolute atomic E-state index is 0.0684. The van der Waals surface area contributed by atoms with Gasteiger partial charge in [-0.1, -0.05) is 0 Å². The van der Waals surface area contributed by atoms with Gasteiger partial charge in [0.15, 0.2) is 5.78 Å². The summed E-state index contributed by atoms with van der Waals surface area (Å²) in [6.07, 6.45) is -4.79. The van der Waals surface area contributed by atoms with E-state index in [2.05, 4.69) is 20.7 Å². The summed E-state index contributed by atoms with van der Waals surface area (Å²) in [5.41, 5.74) is 5.51. The van der Waals surface area contributed by atoms with E-state index in [1.54, 1.807) is 0 Å². The first kappa shape index (κ1) is 12.8. The van der Waals surface area contributed by atoms with Gasteiger partial charge in [-0.2, -0.15) is 0 Å². The maximum absolute atomic E-state index is 11.9. The molecule has 0 aliphatic carbocycles.